The Kier molecular flexibility index (Phi) is 2.90. The number of Topliss-reactive ketones (excluding diaryl/α,β-unsaturated/α-hetero) is 1. The second-order valence-corrected chi connectivity index (χ2v) is 3.50. The van der Waals surface area contributed by atoms with Gasteiger partial charge in [0.2, 0.25) is 0 Å². The van der Waals surface area contributed by atoms with Crippen LogP contribution >= 0.6 is 0 Å². The van der Waals surface area contributed by atoms with Crippen LogP contribution in [0.15, 0.2) is 54.6 Å². The van der Waals surface area contributed by atoms with Crippen molar-refractivity contribution < 1.29 is 9.58 Å². The fourth-order valence-corrected chi connectivity index (χ4v) is 1.56. The maximum Gasteiger partial charge on any atom is 0.314 e. The van der Waals surface area contributed by atoms with E-state index in [1.54, 1.807) is 36.4 Å². The Balaban J connectivity index is 2.20. The molecule has 0 saturated carbocycles. The van der Waals surface area contributed by atoms with Crippen molar-refractivity contribution >= 4 is 11.5 Å². The number of hydrogen-bond donors (Lipinski definition) is 0. The van der Waals surface area contributed by atoms with Gasteiger partial charge < -0.3 is 5.53 Å². The second kappa shape index (κ2) is 4.51. The lowest BCUT2D eigenvalue weighted by Crippen LogP contribution is -2.13. The molecule has 0 amide bonds. The van der Waals surface area contributed by atoms with Crippen molar-refractivity contribution in [2.45, 2.75) is 0 Å². The van der Waals surface area contributed by atoms with E-state index in [1.165, 1.54) is 0 Å². The SMILES string of the molecule is [N-]=[N+]=C1C=CC(C(=O)c2ccccc2)C=C1. The van der Waals surface area contributed by atoms with E-state index >= 15 is 0 Å². The zero-order chi connectivity index (χ0) is 11.4. The number of ketones is 1. The summed E-state index contributed by atoms with van der Waals surface area (Å²) in [6, 6.07) is 9.13. The van der Waals surface area contributed by atoms with Crippen LogP contribution in [0.1, 0.15) is 10.4 Å². The van der Waals surface area contributed by atoms with E-state index in [2.05, 4.69) is 4.79 Å². The van der Waals surface area contributed by atoms with Crippen LogP contribution in [-0.4, -0.2) is 16.3 Å². The predicted molar refractivity (Wildman–Crippen MR) is 61.2 cm³/mol. The molecular formula is C13H10N2O. The molecule has 1 aliphatic rings. The van der Waals surface area contributed by atoms with Gasteiger partial charge in [0.05, 0.1) is 5.92 Å². The van der Waals surface area contributed by atoms with Crippen LogP contribution in [0.3, 0.4) is 0 Å². The highest BCUT2D eigenvalue weighted by Gasteiger charge is 2.18. The van der Waals surface area contributed by atoms with Crippen molar-refractivity contribution in [3.63, 3.8) is 0 Å². The fraction of sp³-hybridized carbons (Fsp3) is 0.0769. The van der Waals surface area contributed by atoms with Gasteiger partial charge >= 0.3 is 5.71 Å². The van der Waals surface area contributed by atoms with Crippen molar-refractivity contribution in [2.24, 2.45) is 5.92 Å². The molecule has 0 N–H and O–H groups in total. The van der Waals surface area contributed by atoms with E-state index in [9.17, 15) is 4.79 Å². The summed E-state index contributed by atoms with van der Waals surface area (Å²) in [5.74, 6) is -0.224. The molecule has 0 heterocycles. The van der Waals surface area contributed by atoms with Crippen LogP contribution in [0, 0.1) is 5.92 Å². The highest BCUT2D eigenvalue weighted by molar-refractivity contribution is 6.06. The molecule has 3 nitrogen and oxygen atoms in total. The van der Waals surface area contributed by atoms with E-state index in [0.29, 0.717) is 11.3 Å². The van der Waals surface area contributed by atoms with Gasteiger partial charge in [0, 0.05) is 17.7 Å². The third-order valence-electron chi connectivity index (χ3n) is 2.43. The molecule has 0 aliphatic heterocycles. The zero-order valence-electron chi connectivity index (χ0n) is 8.58. The van der Waals surface area contributed by atoms with Gasteiger partial charge in [0.1, 0.15) is 0 Å². The average molecular weight is 210 g/mol. The van der Waals surface area contributed by atoms with E-state index in [-0.39, 0.29) is 11.7 Å². The van der Waals surface area contributed by atoms with Crippen molar-refractivity contribution in [2.75, 3.05) is 0 Å². The minimum atomic E-state index is -0.270. The zero-order valence-corrected chi connectivity index (χ0v) is 8.58. The van der Waals surface area contributed by atoms with Crippen LogP contribution in [0.25, 0.3) is 5.53 Å². The minimum absolute atomic E-state index is 0.0464. The molecular weight excluding hydrogens is 200 g/mol. The number of rotatable bonds is 2. The first-order chi connectivity index (χ1) is 7.81. The normalized spacial score (nSPS) is 18.2. The summed E-state index contributed by atoms with van der Waals surface area (Å²) in [5.41, 5.74) is 9.68. The fourth-order valence-electron chi connectivity index (χ4n) is 1.56. The molecule has 16 heavy (non-hydrogen) atoms. The number of benzene rings is 1. The molecule has 78 valence electrons. The summed E-state index contributed by atoms with van der Waals surface area (Å²) in [5, 5.41) is 0. The van der Waals surface area contributed by atoms with Gasteiger partial charge in [-0.15, -0.1) is 0 Å². The molecule has 1 aromatic carbocycles. The third kappa shape index (κ3) is 2.05. The van der Waals surface area contributed by atoms with Gasteiger partial charge in [0.25, 0.3) is 0 Å². The first-order valence-corrected chi connectivity index (χ1v) is 4.99. The Morgan fingerprint density at radius 3 is 2.31 bits per heavy atom. The van der Waals surface area contributed by atoms with Crippen molar-refractivity contribution in [1.29, 1.82) is 0 Å². The smallest absolute Gasteiger partial charge is 0.314 e. The lowest BCUT2D eigenvalue weighted by atomic mass is 9.93. The molecule has 0 aromatic heterocycles. The molecule has 1 aliphatic carbocycles. The van der Waals surface area contributed by atoms with E-state index in [1.807, 2.05) is 18.2 Å². The summed E-state index contributed by atoms with van der Waals surface area (Å²) in [7, 11) is 0. The van der Waals surface area contributed by atoms with E-state index in [0.717, 1.165) is 0 Å². The summed E-state index contributed by atoms with van der Waals surface area (Å²) in [6.45, 7) is 0. The molecule has 2 rings (SSSR count). The summed E-state index contributed by atoms with van der Waals surface area (Å²) in [6.07, 6.45) is 6.71. The number of nitrogens with zero attached hydrogens (tertiary/aromatic N) is 2. The van der Waals surface area contributed by atoms with Crippen molar-refractivity contribution in [3.05, 3.63) is 65.7 Å². The third-order valence-corrected chi connectivity index (χ3v) is 2.43. The number of carbonyl (C=O) groups is 1. The molecule has 0 bridgehead atoms. The highest BCUT2D eigenvalue weighted by Crippen LogP contribution is 2.14. The summed E-state index contributed by atoms with van der Waals surface area (Å²) in [4.78, 5) is 15.0. The van der Waals surface area contributed by atoms with Gasteiger partial charge in [-0.2, -0.15) is 4.79 Å². The Bertz CT molecular complexity index is 492. The van der Waals surface area contributed by atoms with Crippen LogP contribution in [0.5, 0.6) is 0 Å². The van der Waals surface area contributed by atoms with Crippen LogP contribution in [0.4, 0.5) is 0 Å². The van der Waals surface area contributed by atoms with Gasteiger partial charge in [-0.05, 0) is 0 Å². The number of carbonyl (C=O) groups excluding carboxylic acids is 1. The second-order valence-electron chi connectivity index (χ2n) is 3.50. The van der Waals surface area contributed by atoms with Crippen molar-refractivity contribution in [3.8, 4) is 0 Å². The molecule has 0 saturated heterocycles. The molecule has 0 spiro atoms. The quantitative estimate of drug-likeness (QED) is 0.419. The van der Waals surface area contributed by atoms with E-state index < -0.39 is 0 Å². The summed E-state index contributed by atoms with van der Waals surface area (Å²) >= 11 is 0. The van der Waals surface area contributed by atoms with Crippen LogP contribution < -0.4 is 0 Å². The monoisotopic (exact) mass is 210 g/mol. The topological polar surface area (TPSA) is 53.5 Å². The van der Waals surface area contributed by atoms with Gasteiger partial charge in [-0.3, -0.25) is 4.79 Å². The number of allylic oxidation sites excluding steroid dienone is 4. The molecule has 1 aromatic rings. The average Bonchev–Trinajstić information content (AvgIpc) is 2.39. The maximum absolute atomic E-state index is 12.0. The Morgan fingerprint density at radius 2 is 1.75 bits per heavy atom. The maximum atomic E-state index is 12.0. The first kappa shape index (κ1) is 10.3. The first-order valence-electron chi connectivity index (χ1n) is 4.99. The van der Waals surface area contributed by atoms with Gasteiger partial charge in [0.15, 0.2) is 5.78 Å². The number of hydrogen-bond acceptors (Lipinski definition) is 1. The minimum Gasteiger partial charge on any atom is -0.361 e. The molecule has 3 heteroatoms. The van der Waals surface area contributed by atoms with Crippen LogP contribution in [-0.2, 0) is 0 Å². The Hall–Kier alpha value is -2.25. The van der Waals surface area contributed by atoms with E-state index in [4.69, 9.17) is 5.53 Å². The molecule has 0 unspecified atom stereocenters. The standard InChI is InChI=1S/C13H10N2O/c14-15-12-8-6-11(7-9-12)13(16)10-4-2-1-3-5-10/h1-9,11H. The largest absolute Gasteiger partial charge is 0.361 e. The lowest BCUT2D eigenvalue weighted by Gasteiger charge is -2.08. The molecule has 0 radical (unpaired) electrons. The Morgan fingerprint density at radius 1 is 1.12 bits per heavy atom. The van der Waals surface area contributed by atoms with Gasteiger partial charge in [-0.25, -0.2) is 0 Å². The van der Waals surface area contributed by atoms with Gasteiger partial charge in [-0.1, -0.05) is 42.5 Å². The van der Waals surface area contributed by atoms with Crippen LogP contribution in [0.2, 0.25) is 0 Å². The highest BCUT2D eigenvalue weighted by atomic mass is 16.1. The van der Waals surface area contributed by atoms with Crippen molar-refractivity contribution in [1.82, 2.24) is 0 Å². The molecule has 0 fully saturated rings. The lowest BCUT2D eigenvalue weighted by molar-refractivity contribution is -0.00165. The molecule has 0 atom stereocenters. The Labute approximate surface area is 93.3 Å². The summed E-state index contributed by atoms with van der Waals surface area (Å²) < 4.78 is 0. The predicted octanol–water partition coefficient (Wildman–Crippen LogP) is 2.28.